The fourth-order valence-electron chi connectivity index (χ4n) is 1.39. The minimum Gasteiger partial charge on any atom is -0.288 e. The van der Waals surface area contributed by atoms with E-state index < -0.39 is 17.0 Å². The molecule has 0 N–H and O–H groups in total. The number of nitrogens with zero attached hydrogens (tertiary/aromatic N) is 1. The van der Waals surface area contributed by atoms with Gasteiger partial charge in [-0.15, -0.1) is 11.3 Å². The van der Waals surface area contributed by atoms with E-state index in [1.165, 1.54) is 0 Å². The van der Waals surface area contributed by atoms with Crippen LogP contribution in [0.4, 0.5) is 13.2 Å². The van der Waals surface area contributed by atoms with Crippen LogP contribution in [-0.4, -0.2) is 10.8 Å². The van der Waals surface area contributed by atoms with Crippen LogP contribution in [0.3, 0.4) is 0 Å². The van der Waals surface area contributed by atoms with E-state index in [2.05, 4.69) is 20.9 Å². The van der Waals surface area contributed by atoms with Gasteiger partial charge in [-0.05, 0) is 18.6 Å². The van der Waals surface area contributed by atoms with Gasteiger partial charge in [0.1, 0.15) is 0 Å². The summed E-state index contributed by atoms with van der Waals surface area (Å²) in [5.74, 6) is -0.464. The second kappa shape index (κ2) is 5.05. The highest BCUT2D eigenvalue weighted by molar-refractivity contribution is 9.10. The first-order chi connectivity index (χ1) is 8.79. The number of carbonyl (C=O) groups is 1. The fourth-order valence-corrected chi connectivity index (χ4v) is 2.51. The molecule has 1 aromatic heterocycles. The highest BCUT2D eigenvalue weighted by Gasteiger charge is 2.35. The Labute approximate surface area is 119 Å². The smallest absolute Gasteiger partial charge is 0.288 e. The largest absolute Gasteiger partial charge is 0.443 e. The number of carbonyl (C=O) groups excluding carboxylic acids is 1. The van der Waals surface area contributed by atoms with Gasteiger partial charge in [-0.1, -0.05) is 28.1 Å². The molecule has 19 heavy (non-hydrogen) atoms. The molecule has 0 unspecified atom stereocenters. The third-order valence-corrected chi connectivity index (χ3v) is 4.30. The number of ketones is 1. The molecule has 2 aromatic rings. The molecule has 0 atom stereocenters. The van der Waals surface area contributed by atoms with Crippen LogP contribution in [0.25, 0.3) is 0 Å². The summed E-state index contributed by atoms with van der Waals surface area (Å²) >= 11 is 3.63. The van der Waals surface area contributed by atoms with Crippen LogP contribution in [0.1, 0.15) is 25.8 Å². The quantitative estimate of drug-likeness (QED) is 0.749. The van der Waals surface area contributed by atoms with Crippen LogP contribution in [0.2, 0.25) is 0 Å². The van der Waals surface area contributed by atoms with E-state index in [0.29, 0.717) is 16.9 Å². The van der Waals surface area contributed by atoms with Crippen molar-refractivity contribution in [3.05, 3.63) is 49.9 Å². The summed E-state index contributed by atoms with van der Waals surface area (Å²) in [6.45, 7) is 1.85. The van der Waals surface area contributed by atoms with Crippen molar-refractivity contribution in [1.29, 1.82) is 0 Å². The molecule has 0 amide bonds. The summed E-state index contributed by atoms with van der Waals surface area (Å²) in [5.41, 5.74) is 1.27. The highest BCUT2D eigenvalue weighted by Crippen LogP contribution is 2.33. The fraction of sp³-hybridized carbons (Fsp3) is 0.167. The number of aromatic nitrogens is 1. The Balaban J connectivity index is 2.34. The Kier molecular flexibility index (Phi) is 3.78. The van der Waals surface area contributed by atoms with Crippen LogP contribution >= 0.6 is 27.3 Å². The van der Waals surface area contributed by atoms with Gasteiger partial charge in [-0.2, -0.15) is 13.2 Å². The zero-order chi connectivity index (χ0) is 14.2. The molecule has 2 rings (SSSR count). The summed E-state index contributed by atoms with van der Waals surface area (Å²) in [5, 5.41) is -1.01. The average molecular weight is 350 g/mol. The van der Waals surface area contributed by atoms with Gasteiger partial charge in [0.15, 0.2) is 5.01 Å². The summed E-state index contributed by atoms with van der Waals surface area (Å²) in [7, 11) is 0. The first kappa shape index (κ1) is 14.2. The SMILES string of the molecule is Cc1ccc(C(=O)c2cnc(C(F)(F)F)s2)cc1Br. The number of aryl methyl sites for hydroxylation is 1. The van der Waals surface area contributed by atoms with Gasteiger partial charge >= 0.3 is 6.18 Å². The molecule has 0 aliphatic heterocycles. The van der Waals surface area contributed by atoms with Crippen molar-refractivity contribution in [2.45, 2.75) is 13.1 Å². The van der Waals surface area contributed by atoms with E-state index in [1.54, 1.807) is 18.2 Å². The monoisotopic (exact) mass is 349 g/mol. The van der Waals surface area contributed by atoms with Crippen molar-refractivity contribution in [1.82, 2.24) is 4.98 Å². The molecule has 0 aliphatic rings. The van der Waals surface area contributed by atoms with E-state index in [0.717, 1.165) is 16.2 Å². The minimum atomic E-state index is -4.52. The zero-order valence-corrected chi connectivity index (χ0v) is 12.0. The first-order valence-corrected chi connectivity index (χ1v) is 6.74. The molecular weight excluding hydrogens is 343 g/mol. The zero-order valence-electron chi connectivity index (χ0n) is 9.58. The lowest BCUT2D eigenvalue weighted by atomic mass is 10.1. The van der Waals surface area contributed by atoms with Crippen molar-refractivity contribution in [3.63, 3.8) is 0 Å². The lowest BCUT2D eigenvalue weighted by Crippen LogP contribution is -2.03. The number of hydrogen-bond donors (Lipinski definition) is 0. The highest BCUT2D eigenvalue weighted by atomic mass is 79.9. The van der Waals surface area contributed by atoms with E-state index in [1.807, 2.05) is 6.92 Å². The number of halogens is 4. The second-order valence-electron chi connectivity index (χ2n) is 3.82. The molecule has 0 saturated heterocycles. The lowest BCUT2D eigenvalue weighted by Gasteiger charge is -2.02. The summed E-state index contributed by atoms with van der Waals surface area (Å²) in [4.78, 5) is 15.2. The molecule has 0 spiro atoms. The molecule has 0 radical (unpaired) electrons. The number of rotatable bonds is 2. The molecule has 1 heterocycles. The predicted octanol–water partition coefficient (Wildman–Crippen LogP) is 4.46. The maximum Gasteiger partial charge on any atom is 0.443 e. The Hall–Kier alpha value is -1.21. The van der Waals surface area contributed by atoms with Crippen LogP contribution in [0.5, 0.6) is 0 Å². The predicted molar refractivity (Wildman–Crippen MR) is 69.4 cm³/mol. The van der Waals surface area contributed by atoms with Crippen LogP contribution < -0.4 is 0 Å². The molecule has 0 fully saturated rings. The van der Waals surface area contributed by atoms with Gasteiger partial charge in [0.05, 0.1) is 4.88 Å². The van der Waals surface area contributed by atoms with Gasteiger partial charge in [0.2, 0.25) is 5.78 Å². The van der Waals surface area contributed by atoms with Crippen LogP contribution in [0.15, 0.2) is 28.9 Å². The number of alkyl halides is 3. The summed E-state index contributed by atoms with van der Waals surface area (Å²) in [6, 6.07) is 4.89. The third-order valence-electron chi connectivity index (χ3n) is 2.41. The molecule has 7 heteroatoms. The molecule has 0 saturated carbocycles. The molecule has 1 aromatic carbocycles. The van der Waals surface area contributed by atoms with E-state index in [4.69, 9.17) is 0 Å². The minimum absolute atomic E-state index is 0.0249. The van der Waals surface area contributed by atoms with Gasteiger partial charge in [-0.25, -0.2) is 4.98 Å². The van der Waals surface area contributed by atoms with Crippen LogP contribution in [0, 0.1) is 6.92 Å². The normalized spacial score (nSPS) is 11.6. The Bertz CT molecular complexity index is 636. The van der Waals surface area contributed by atoms with Crippen molar-refractivity contribution in [2.24, 2.45) is 0 Å². The number of thiazole rings is 1. The van der Waals surface area contributed by atoms with Crippen molar-refractivity contribution >= 4 is 33.0 Å². The maximum atomic E-state index is 12.4. The Morgan fingerprint density at radius 3 is 2.58 bits per heavy atom. The van der Waals surface area contributed by atoms with Gasteiger partial charge in [-0.3, -0.25) is 4.79 Å². The summed E-state index contributed by atoms with van der Waals surface area (Å²) in [6.07, 6.45) is -3.55. The summed E-state index contributed by atoms with van der Waals surface area (Å²) < 4.78 is 38.0. The third kappa shape index (κ3) is 3.03. The van der Waals surface area contributed by atoms with Crippen LogP contribution in [-0.2, 0) is 6.18 Å². The van der Waals surface area contributed by atoms with Gasteiger partial charge in [0, 0.05) is 16.2 Å². The van der Waals surface area contributed by atoms with E-state index in [-0.39, 0.29) is 4.88 Å². The van der Waals surface area contributed by atoms with Crippen molar-refractivity contribution in [2.75, 3.05) is 0 Å². The molecule has 2 nitrogen and oxygen atoms in total. The molecule has 0 bridgehead atoms. The first-order valence-electron chi connectivity index (χ1n) is 5.13. The molecule has 100 valence electrons. The second-order valence-corrected chi connectivity index (χ2v) is 5.71. The molecule has 0 aliphatic carbocycles. The standard InChI is InChI=1S/C12H7BrF3NOS/c1-6-2-3-7(4-8(6)13)10(18)9-5-17-11(19-9)12(14,15)16/h2-5H,1H3. The Morgan fingerprint density at radius 1 is 1.37 bits per heavy atom. The number of benzene rings is 1. The maximum absolute atomic E-state index is 12.4. The number of hydrogen-bond acceptors (Lipinski definition) is 3. The van der Waals surface area contributed by atoms with Crippen molar-refractivity contribution < 1.29 is 18.0 Å². The van der Waals surface area contributed by atoms with Gasteiger partial charge in [0.25, 0.3) is 0 Å². The lowest BCUT2D eigenvalue weighted by molar-refractivity contribution is -0.137. The van der Waals surface area contributed by atoms with E-state index in [9.17, 15) is 18.0 Å². The van der Waals surface area contributed by atoms with Crippen molar-refractivity contribution in [3.8, 4) is 0 Å². The van der Waals surface area contributed by atoms with E-state index >= 15 is 0 Å². The average Bonchev–Trinajstić information content (AvgIpc) is 2.81. The van der Waals surface area contributed by atoms with Gasteiger partial charge < -0.3 is 0 Å². The Morgan fingerprint density at radius 2 is 2.05 bits per heavy atom. The topological polar surface area (TPSA) is 30.0 Å². The molecular formula is C12H7BrF3NOS.